The molecule has 0 saturated carbocycles. The summed E-state index contributed by atoms with van der Waals surface area (Å²) in [6.45, 7) is 6.19. The van der Waals surface area contributed by atoms with E-state index >= 15 is 0 Å². The predicted molar refractivity (Wildman–Crippen MR) is 96.7 cm³/mol. The SMILES string of the molecule is CC1CC(C)CN(C(=O)CSc2nnc(-c3ccccc3)n2C)C1. The third-order valence-corrected chi connectivity index (χ3v) is 5.42. The summed E-state index contributed by atoms with van der Waals surface area (Å²) in [6, 6.07) is 9.98. The van der Waals surface area contributed by atoms with E-state index < -0.39 is 0 Å². The van der Waals surface area contributed by atoms with Gasteiger partial charge in [0.1, 0.15) is 0 Å². The lowest BCUT2D eigenvalue weighted by Gasteiger charge is -2.34. The first kappa shape index (κ1) is 17.0. The van der Waals surface area contributed by atoms with E-state index in [0.717, 1.165) is 29.6 Å². The molecule has 128 valence electrons. The van der Waals surface area contributed by atoms with Crippen LogP contribution in [0.2, 0.25) is 0 Å². The van der Waals surface area contributed by atoms with E-state index in [0.29, 0.717) is 17.6 Å². The van der Waals surface area contributed by atoms with Gasteiger partial charge in [-0.05, 0) is 18.3 Å². The van der Waals surface area contributed by atoms with Crippen LogP contribution in [0.3, 0.4) is 0 Å². The number of nitrogens with zero attached hydrogens (tertiary/aromatic N) is 4. The van der Waals surface area contributed by atoms with E-state index in [-0.39, 0.29) is 5.91 Å². The van der Waals surface area contributed by atoms with Crippen molar-refractivity contribution in [2.45, 2.75) is 25.4 Å². The van der Waals surface area contributed by atoms with Crippen LogP contribution < -0.4 is 0 Å². The monoisotopic (exact) mass is 344 g/mol. The van der Waals surface area contributed by atoms with E-state index in [1.54, 1.807) is 0 Å². The quantitative estimate of drug-likeness (QED) is 0.800. The van der Waals surface area contributed by atoms with Crippen LogP contribution in [0.1, 0.15) is 20.3 Å². The molecule has 2 atom stereocenters. The maximum atomic E-state index is 12.5. The minimum Gasteiger partial charge on any atom is -0.341 e. The second-order valence-electron chi connectivity index (χ2n) is 6.76. The minimum atomic E-state index is 0.197. The van der Waals surface area contributed by atoms with Crippen LogP contribution in [0.5, 0.6) is 0 Å². The molecular formula is C18H24N4OS. The lowest BCUT2D eigenvalue weighted by molar-refractivity contribution is -0.130. The Labute approximate surface area is 147 Å². The fourth-order valence-corrected chi connectivity index (χ4v) is 4.18. The first-order valence-electron chi connectivity index (χ1n) is 8.40. The maximum absolute atomic E-state index is 12.5. The largest absolute Gasteiger partial charge is 0.341 e. The maximum Gasteiger partial charge on any atom is 0.233 e. The Morgan fingerprint density at radius 2 is 1.83 bits per heavy atom. The standard InChI is InChI=1S/C18H24N4OS/c1-13-9-14(2)11-22(10-13)16(23)12-24-18-20-19-17(21(18)3)15-7-5-4-6-8-15/h4-8,13-14H,9-12H2,1-3H3. The lowest BCUT2D eigenvalue weighted by atomic mass is 9.92. The highest BCUT2D eigenvalue weighted by Crippen LogP contribution is 2.25. The molecule has 1 aromatic heterocycles. The molecule has 1 fully saturated rings. The van der Waals surface area contributed by atoms with Gasteiger partial charge in [0.25, 0.3) is 0 Å². The Kier molecular flexibility index (Phi) is 5.23. The minimum absolute atomic E-state index is 0.197. The Morgan fingerprint density at radius 3 is 2.50 bits per heavy atom. The number of thioether (sulfide) groups is 1. The van der Waals surface area contributed by atoms with Crippen molar-refractivity contribution in [2.75, 3.05) is 18.8 Å². The van der Waals surface area contributed by atoms with Gasteiger partial charge in [-0.25, -0.2) is 0 Å². The first-order valence-corrected chi connectivity index (χ1v) is 9.38. The number of aromatic nitrogens is 3. The zero-order valence-corrected chi connectivity index (χ0v) is 15.3. The number of piperidine rings is 1. The number of hydrogen-bond donors (Lipinski definition) is 0. The Bertz CT molecular complexity index is 690. The fourth-order valence-electron chi connectivity index (χ4n) is 3.36. The Morgan fingerprint density at radius 1 is 1.17 bits per heavy atom. The Balaban J connectivity index is 1.63. The summed E-state index contributed by atoms with van der Waals surface area (Å²) in [5.74, 6) is 2.61. The molecule has 1 aliphatic heterocycles. The third kappa shape index (κ3) is 3.80. The van der Waals surface area contributed by atoms with Crippen LogP contribution in [0, 0.1) is 11.8 Å². The van der Waals surface area contributed by atoms with Gasteiger partial charge in [-0.15, -0.1) is 10.2 Å². The average Bonchev–Trinajstić information content (AvgIpc) is 2.93. The highest BCUT2D eigenvalue weighted by molar-refractivity contribution is 7.99. The summed E-state index contributed by atoms with van der Waals surface area (Å²) in [7, 11) is 1.94. The van der Waals surface area contributed by atoms with Crippen molar-refractivity contribution in [3.63, 3.8) is 0 Å². The first-order chi connectivity index (χ1) is 11.5. The molecule has 24 heavy (non-hydrogen) atoms. The third-order valence-electron chi connectivity index (χ3n) is 4.41. The number of amides is 1. The van der Waals surface area contributed by atoms with E-state index in [1.807, 2.05) is 46.8 Å². The molecule has 5 nitrogen and oxygen atoms in total. The van der Waals surface area contributed by atoms with Gasteiger partial charge < -0.3 is 9.47 Å². The molecule has 6 heteroatoms. The number of hydrogen-bond acceptors (Lipinski definition) is 4. The molecule has 2 unspecified atom stereocenters. The van der Waals surface area contributed by atoms with Crippen LogP contribution in [0.4, 0.5) is 0 Å². The van der Waals surface area contributed by atoms with Crippen molar-refractivity contribution in [3.05, 3.63) is 30.3 Å². The summed E-state index contributed by atoms with van der Waals surface area (Å²) < 4.78 is 1.95. The number of benzene rings is 1. The van der Waals surface area contributed by atoms with Crippen molar-refractivity contribution >= 4 is 17.7 Å². The van der Waals surface area contributed by atoms with Crippen LogP contribution >= 0.6 is 11.8 Å². The summed E-state index contributed by atoms with van der Waals surface area (Å²) in [5, 5.41) is 9.29. The van der Waals surface area contributed by atoms with Gasteiger partial charge in [0, 0.05) is 25.7 Å². The van der Waals surface area contributed by atoms with Gasteiger partial charge in [0.15, 0.2) is 11.0 Å². The fraction of sp³-hybridized carbons (Fsp3) is 0.500. The second kappa shape index (κ2) is 7.38. The number of likely N-dealkylation sites (tertiary alicyclic amines) is 1. The number of rotatable bonds is 4. The summed E-state index contributed by atoms with van der Waals surface area (Å²) in [5.41, 5.74) is 1.03. The molecule has 1 aromatic carbocycles. The molecule has 2 aromatic rings. The van der Waals surface area contributed by atoms with Gasteiger partial charge in [-0.3, -0.25) is 4.79 Å². The van der Waals surface area contributed by atoms with Gasteiger partial charge in [-0.2, -0.15) is 0 Å². The summed E-state index contributed by atoms with van der Waals surface area (Å²) >= 11 is 1.46. The topological polar surface area (TPSA) is 51.0 Å². The molecule has 0 radical (unpaired) electrons. The molecule has 3 rings (SSSR count). The molecule has 0 aliphatic carbocycles. The van der Waals surface area contributed by atoms with Crippen molar-refractivity contribution in [3.8, 4) is 11.4 Å². The zero-order chi connectivity index (χ0) is 17.1. The molecule has 0 spiro atoms. The number of carbonyl (C=O) groups excluding carboxylic acids is 1. The van der Waals surface area contributed by atoms with Gasteiger partial charge >= 0.3 is 0 Å². The van der Waals surface area contributed by atoms with Gasteiger partial charge in [-0.1, -0.05) is 55.9 Å². The molecular weight excluding hydrogens is 320 g/mol. The van der Waals surface area contributed by atoms with E-state index in [1.165, 1.54) is 18.2 Å². The van der Waals surface area contributed by atoms with Crippen LogP contribution in [-0.2, 0) is 11.8 Å². The van der Waals surface area contributed by atoms with Crippen molar-refractivity contribution in [2.24, 2.45) is 18.9 Å². The van der Waals surface area contributed by atoms with Crippen molar-refractivity contribution in [1.29, 1.82) is 0 Å². The van der Waals surface area contributed by atoms with E-state index in [9.17, 15) is 4.79 Å². The van der Waals surface area contributed by atoms with Gasteiger partial charge in [0.2, 0.25) is 5.91 Å². The van der Waals surface area contributed by atoms with Crippen LogP contribution in [0.25, 0.3) is 11.4 Å². The molecule has 1 amide bonds. The smallest absolute Gasteiger partial charge is 0.233 e. The second-order valence-corrected chi connectivity index (χ2v) is 7.71. The highest BCUT2D eigenvalue weighted by Gasteiger charge is 2.25. The zero-order valence-electron chi connectivity index (χ0n) is 14.5. The normalized spacial score (nSPS) is 21.0. The molecule has 0 N–H and O–H groups in total. The lowest BCUT2D eigenvalue weighted by Crippen LogP contribution is -2.43. The van der Waals surface area contributed by atoms with E-state index in [2.05, 4.69) is 24.0 Å². The Hall–Kier alpha value is -1.82. The van der Waals surface area contributed by atoms with Crippen molar-refractivity contribution < 1.29 is 4.79 Å². The number of carbonyl (C=O) groups is 1. The summed E-state index contributed by atoms with van der Waals surface area (Å²) in [6.07, 6.45) is 1.21. The van der Waals surface area contributed by atoms with Crippen LogP contribution in [-0.4, -0.2) is 44.4 Å². The molecule has 1 aliphatic rings. The van der Waals surface area contributed by atoms with Gasteiger partial charge in [0.05, 0.1) is 5.75 Å². The summed E-state index contributed by atoms with van der Waals surface area (Å²) in [4.78, 5) is 14.5. The highest BCUT2D eigenvalue weighted by atomic mass is 32.2. The van der Waals surface area contributed by atoms with E-state index in [4.69, 9.17) is 0 Å². The molecule has 1 saturated heterocycles. The van der Waals surface area contributed by atoms with Crippen LogP contribution in [0.15, 0.2) is 35.5 Å². The average molecular weight is 344 g/mol. The van der Waals surface area contributed by atoms with Crippen molar-refractivity contribution in [1.82, 2.24) is 19.7 Å². The predicted octanol–water partition coefficient (Wildman–Crippen LogP) is 3.08. The molecule has 0 bridgehead atoms. The molecule has 2 heterocycles.